The van der Waals surface area contributed by atoms with Gasteiger partial charge in [-0.25, -0.2) is 4.39 Å². The van der Waals surface area contributed by atoms with Gasteiger partial charge < -0.3 is 10.0 Å². The van der Waals surface area contributed by atoms with E-state index in [0.717, 1.165) is 43.8 Å². The van der Waals surface area contributed by atoms with E-state index >= 15 is 0 Å². The van der Waals surface area contributed by atoms with Crippen molar-refractivity contribution in [2.75, 3.05) is 19.6 Å². The number of rotatable bonds is 5. The molecule has 0 aliphatic carbocycles. The molecule has 0 radical (unpaired) electrons. The second-order valence-corrected chi connectivity index (χ2v) is 7.35. The van der Waals surface area contributed by atoms with Gasteiger partial charge in [0, 0.05) is 16.7 Å². The van der Waals surface area contributed by atoms with Crippen molar-refractivity contribution >= 4 is 24.2 Å². The van der Waals surface area contributed by atoms with Crippen molar-refractivity contribution in [1.29, 1.82) is 0 Å². The normalized spacial score (nSPS) is 15.9. The average molecular weight is 368 g/mol. The van der Waals surface area contributed by atoms with Crippen LogP contribution in [-0.4, -0.2) is 34.9 Å². The molecule has 2 aromatic carbocycles. The summed E-state index contributed by atoms with van der Waals surface area (Å²) >= 11 is 1.79. The van der Waals surface area contributed by atoms with Crippen molar-refractivity contribution in [3.8, 4) is 5.75 Å². The van der Waals surface area contributed by atoms with E-state index in [1.54, 1.807) is 17.8 Å². The van der Waals surface area contributed by atoms with Crippen LogP contribution < -0.4 is 0 Å². The van der Waals surface area contributed by atoms with E-state index in [1.807, 2.05) is 30.3 Å². The van der Waals surface area contributed by atoms with Gasteiger partial charge in [-0.1, -0.05) is 24.3 Å². The van der Waals surface area contributed by atoms with Crippen LogP contribution in [0, 0.1) is 5.82 Å². The Morgan fingerprint density at radius 2 is 1.71 bits per heavy atom. The maximum absolute atomic E-state index is 12.9. The third-order valence-electron chi connectivity index (χ3n) is 4.32. The number of phenolic OH excluding ortho intramolecular Hbond substituents is 1. The lowest BCUT2D eigenvalue weighted by molar-refractivity contribution is 0.235. The monoisotopic (exact) mass is 367 g/mol. The summed E-state index contributed by atoms with van der Waals surface area (Å²) in [7, 11) is 0. The van der Waals surface area contributed by atoms with Gasteiger partial charge in [0.1, 0.15) is 11.6 Å². The number of nitrogens with zero attached hydrogens (tertiary/aromatic N) is 1. The molecule has 1 N–H and O–H groups in total. The zero-order chi connectivity index (χ0) is 16.1. The van der Waals surface area contributed by atoms with Gasteiger partial charge in [-0.05, 0) is 62.2 Å². The molecule has 5 heteroatoms. The highest BCUT2D eigenvalue weighted by atomic mass is 35.5. The highest BCUT2D eigenvalue weighted by Gasteiger charge is 2.20. The van der Waals surface area contributed by atoms with E-state index in [4.69, 9.17) is 0 Å². The van der Waals surface area contributed by atoms with Crippen LogP contribution in [0.25, 0.3) is 0 Å². The highest BCUT2D eigenvalue weighted by molar-refractivity contribution is 8.00. The molecule has 1 heterocycles. The fourth-order valence-electron chi connectivity index (χ4n) is 2.93. The molecule has 130 valence electrons. The average Bonchev–Trinajstić information content (AvgIpc) is 2.58. The molecule has 1 aliphatic rings. The first-order valence-electron chi connectivity index (χ1n) is 8.12. The molecule has 0 bridgehead atoms. The standard InChI is InChI=1S/C19H22FNOS.ClH/c20-16-7-5-15(6-8-16)9-12-21-13-10-17(11-14-21)23-19-4-2-1-3-18(19)22;/h1-8,17,22H,9-14H2;1H. The van der Waals surface area contributed by atoms with E-state index in [1.165, 1.54) is 17.7 Å². The first-order valence-corrected chi connectivity index (χ1v) is 9.00. The van der Waals surface area contributed by atoms with Gasteiger partial charge >= 0.3 is 0 Å². The topological polar surface area (TPSA) is 23.5 Å². The second-order valence-electron chi connectivity index (χ2n) is 6.00. The molecule has 3 rings (SSSR count). The maximum Gasteiger partial charge on any atom is 0.129 e. The number of thioether (sulfide) groups is 1. The molecular formula is C19H23ClFNOS. The molecule has 0 amide bonds. The van der Waals surface area contributed by atoms with E-state index in [9.17, 15) is 9.50 Å². The molecule has 1 saturated heterocycles. The number of hydrogen-bond donors (Lipinski definition) is 1. The van der Waals surface area contributed by atoms with Crippen molar-refractivity contribution in [3.63, 3.8) is 0 Å². The molecule has 0 aromatic heterocycles. The van der Waals surface area contributed by atoms with Crippen LogP contribution in [0.3, 0.4) is 0 Å². The van der Waals surface area contributed by atoms with Crippen LogP contribution in [0.2, 0.25) is 0 Å². The zero-order valence-electron chi connectivity index (χ0n) is 13.5. The number of aromatic hydroxyl groups is 1. The Hall–Kier alpha value is -1.23. The Bertz CT molecular complexity index is 630. The summed E-state index contributed by atoms with van der Waals surface area (Å²) < 4.78 is 12.9. The SMILES string of the molecule is Cl.Oc1ccccc1SC1CCN(CCc2ccc(F)cc2)CC1. The van der Waals surface area contributed by atoms with Gasteiger partial charge in [0.25, 0.3) is 0 Å². The lowest BCUT2D eigenvalue weighted by Gasteiger charge is -2.31. The van der Waals surface area contributed by atoms with Crippen LogP contribution in [-0.2, 0) is 6.42 Å². The van der Waals surface area contributed by atoms with Crippen molar-refractivity contribution < 1.29 is 9.50 Å². The molecule has 1 fully saturated rings. The molecule has 24 heavy (non-hydrogen) atoms. The van der Waals surface area contributed by atoms with Gasteiger partial charge in [-0.2, -0.15) is 0 Å². The van der Waals surface area contributed by atoms with Crippen molar-refractivity contribution in [2.45, 2.75) is 29.4 Å². The Morgan fingerprint density at radius 1 is 1.04 bits per heavy atom. The van der Waals surface area contributed by atoms with E-state index in [-0.39, 0.29) is 18.2 Å². The predicted molar refractivity (Wildman–Crippen MR) is 101 cm³/mol. The summed E-state index contributed by atoms with van der Waals surface area (Å²) in [5, 5.41) is 10.4. The number of likely N-dealkylation sites (tertiary alicyclic amines) is 1. The van der Waals surface area contributed by atoms with Crippen LogP contribution in [0.15, 0.2) is 53.4 Å². The van der Waals surface area contributed by atoms with Gasteiger partial charge in [0.15, 0.2) is 0 Å². The Labute approximate surface area is 153 Å². The molecular weight excluding hydrogens is 345 g/mol. The third kappa shape index (κ3) is 5.40. The molecule has 0 saturated carbocycles. The van der Waals surface area contributed by atoms with E-state index in [2.05, 4.69) is 4.90 Å². The highest BCUT2D eigenvalue weighted by Crippen LogP contribution is 2.35. The molecule has 0 unspecified atom stereocenters. The van der Waals surface area contributed by atoms with Gasteiger partial charge in [0.2, 0.25) is 0 Å². The first kappa shape index (κ1) is 19.1. The number of hydrogen-bond acceptors (Lipinski definition) is 3. The van der Waals surface area contributed by atoms with E-state index < -0.39 is 0 Å². The summed E-state index contributed by atoms with van der Waals surface area (Å²) in [6, 6.07) is 14.4. The minimum absolute atomic E-state index is 0. The largest absolute Gasteiger partial charge is 0.507 e. The minimum Gasteiger partial charge on any atom is -0.507 e. The van der Waals surface area contributed by atoms with Gasteiger partial charge in [-0.15, -0.1) is 24.2 Å². The van der Waals surface area contributed by atoms with Gasteiger partial charge in [-0.3, -0.25) is 0 Å². The summed E-state index contributed by atoms with van der Waals surface area (Å²) in [4.78, 5) is 3.46. The lowest BCUT2D eigenvalue weighted by Crippen LogP contribution is -2.36. The smallest absolute Gasteiger partial charge is 0.129 e. The molecule has 2 nitrogen and oxygen atoms in total. The predicted octanol–water partition coefficient (Wildman–Crippen LogP) is 4.75. The first-order chi connectivity index (χ1) is 11.2. The quantitative estimate of drug-likeness (QED) is 0.824. The number of phenols is 1. The number of para-hydroxylation sites is 1. The molecule has 0 atom stereocenters. The summed E-state index contributed by atoms with van der Waals surface area (Å²) in [6.07, 6.45) is 3.25. The molecule has 0 spiro atoms. The number of benzene rings is 2. The number of piperidine rings is 1. The Balaban J connectivity index is 0.00000208. The summed E-state index contributed by atoms with van der Waals surface area (Å²) in [6.45, 7) is 3.21. The van der Waals surface area contributed by atoms with Crippen molar-refractivity contribution in [1.82, 2.24) is 4.90 Å². The van der Waals surface area contributed by atoms with Crippen LogP contribution in [0.5, 0.6) is 5.75 Å². The van der Waals surface area contributed by atoms with Crippen molar-refractivity contribution in [2.24, 2.45) is 0 Å². The third-order valence-corrected chi connectivity index (χ3v) is 5.73. The Morgan fingerprint density at radius 3 is 2.38 bits per heavy atom. The molecule has 1 aliphatic heterocycles. The summed E-state index contributed by atoms with van der Waals surface area (Å²) in [5.41, 5.74) is 1.19. The van der Waals surface area contributed by atoms with Crippen LogP contribution >= 0.6 is 24.2 Å². The fraction of sp³-hybridized carbons (Fsp3) is 0.368. The van der Waals surface area contributed by atoms with Crippen molar-refractivity contribution in [3.05, 3.63) is 59.9 Å². The van der Waals surface area contributed by atoms with E-state index in [0.29, 0.717) is 11.0 Å². The number of halogens is 2. The van der Waals surface area contributed by atoms with Gasteiger partial charge in [0.05, 0.1) is 0 Å². The van der Waals surface area contributed by atoms with Crippen LogP contribution in [0.4, 0.5) is 4.39 Å². The lowest BCUT2D eigenvalue weighted by atomic mass is 10.1. The maximum atomic E-state index is 12.9. The van der Waals surface area contributed by atoms with Crippen LogP contribution in [0.1, 0.15) is 18.4 Å². The Kier molecular flexibility index (Phi) is 7.40. The molecule has 2 aromatic rings. The minimum atomic E-state index is -0.171. The fourth-order valence-corrected chi connectivity index (χ4v) is 4.08. The summed E-state index contributed by atoms with van der Waals surface area (Å²) in [5.74, 6) is 0.215. The zero-order valence-corrected chi connectivity index (χ0v) is 15.2. The second kappa shape index (κ2) is 9.30.